The lowest BCUT2D eigenvalue weighted by Crippen LogP contribution is -2.35. The predicted molar refractivity (Wildman–Crippen MR) is 126 cm³/mol. The van der Waals surface area contributed by atoms with Gasteiger partial charge in [-0.3, -0.25) is 9.52 Å². The SMILES string of the molecule is COc1ccc(CNC(=O)C(C)OC(=O)c2ccccc2NS(=O)(=O)c2ccc(Cl)s2)cc1. The summed E-state index contributed by atoms with van der Waals surface area (Å²) >= 11 is 6.71. The fraction of sp³-hybridized carbons (Fsp3) is 0.182. The molecule has 0 aliphatic carbocycles. The molecule has 174 valence electrons. The van der Waals surface area contributed by atoms with Gasteiger partial charge in [0.2, 0.25) is 0 Å². The molecule has 1 heterocycles. The first kappa shape index (κ1) is 24.6. The molecule has 0 aliphatic heterocycles. The first-order valence-electron chi connectivity index (χ1n) is 9.68. The molecular formula is C22H21ClN2O6S2. The Kier molecular flexibility index (Phi) is 7.96. The van der Waals surface area contributed by atoms with E-state index in [1.165, 1.54) is 31.2 Å². The van der Waals surface area contributed by atoms with Crippen LogP contribution >= 0.6 is 22.9 Å². The zero-order chi connectivity index (χ0) is 24.0. The van der Waals surface area contributed by atoms with Crippen LogP contribution in [0.3, 0.4) is 0 Å². The van der Waals surface area contributed by atoms with Gasteiger partial charge in [0.15, 0.2) is 6.10 Å². The van der Waals surface area contributed by atoms with Crippen molar-refractivity contribution in [2.45, 2.75) is 23.8 Å². The highest BCUT2D eigenvalue weighted by molar-refractivity contribution is 7.94. The van der Waals surface area contributed by atoms with E-state index in [-0.39, 0.29) is 22.0 Å². The number of rotatable bonds is 9. The van der Waals surface area contributed by atoms with Crippen molar-refractivity contribution >= 4 is 50.5 Å². The molecule has 11 heteroatoms. The Morgan fingerprint density at radius 1 is 1.06 bits per heavy atom. The van der Waals surface area contributed by atoms with E-state index in [9.17, 15) is 18.0 Å². The van der Waals surface area contributed by atoms with Crippen molar-refractivity contribution in [2.24, 2.45) is 0 Å². The lowest BCUT2D eigenvalue weighted by molar-refractivity contribution is -0.129. The van der Waals surface area contributed by atoms with Crippen LogP contribution in [-0.4, -0.2) is 33.5 Å². The number of methoxy groups -OCH3 is 1. The third-order valence-electron chi connectivity index (χ3n) is 4.48. The van der Waals surface area contributed by atoms with Crippen LogP contribution in [0.15, 0.2) is 64.9 Å². The summed E-state index contributed by atoms with van der Waals surface area (Å²) in [6, 6.07) is 15.9. The minimum Gasteiger partial charge on any atom is -0.497 e. The van der Waals surface area contributed by atoms with E-state index in [0.29, 0.717) is 10.1 Å². The molecule has 1 unspecified atom stereocenters. The average molecular weight is 509 g/mol. The number of benzene rings is 2. The highest BCUT2D eigenvalue weighted by Crippen LogP contribution is 2.28. The predicted octanol–water partition coefficient (Wildman–Crippen LogP) is 4.07. The smallest absolute Gasteiger partial charge is 0.341 e. The summed E-state index contributed by atoms with van der Waals surface area (Å²) in [6.07, 6.45) is -1.10. The van der Waals surface area contributed by atoms with E-state index in [2.05, 4.69) is 10.0 Å². The number of ether oxygens (including phenoxy) is 2. The fourth-order valence-electron chi connectivity index (χ4n) is 2.74. The van der Waals surface area contributed by atoms with Gasteiger partial charge >= 0.3 is 5.97 Å². The van der Waals surface area contributed by atoms with Crippen molar-refractivity contribution in [1.82, 2.24) is 5.32 Å². The molecule has 1 atom stereocenters. The topological polar surface area (TPSA) is 111 Å². The van der Waals surface area contributed by atoms with Crippen LogP contribution in [0.5, 0.6) is 5.75 Å². The van der Waals surface area contributed by atoms with Crippen molar-refractivity contribution < 1.29 is 27.5 Å². The van der Waals surface area contributed by atoms with Gasteiger partial charge in [0.1, 0.15) is 9.96 Å². The highest BCUT2D eigenvalue weighted by atomic mass is 35.5. The number of sulfonamides is 1. The Balaban J connectivity index is 1.64. The Hall–Kier alpha value is -3.08. The van der Waals surface area contributed by atoms with Crippen molar-refractivity contribution in [3.63, 3.8) is 0 Å². The Morgan fingerprint density at radius 2 is 1.76 bits per heavy atom. The normalized spacial score (nSPS) is 12.0. The second kappa shape index (κ2) is 10.7. The summed E-state index contributed by atoms with van der Waals surface area (Å²) in [5.41, 5.74) is 0.840. The first-order valence-corrected chi connectivity index (χ1v) is 12.4. The molecule has 1 amide bonds. The largest absolute Gasteiger partial charge is 0.497 e. The number of esters is 1. The van der Waals surface area contributed by atoms with E-state index in [0.717, 1.165) is 16.9 Å². The number of carbonyl (C=O) groups is 2. The highest BCUT2D eigenvalue weighted by Gasteiger charge is 2.24. The number of para-hydroxylation sites is 1. The van der Waals surface area contributed by atoms with Gasteiger partial charge in [-0.25, -0.2) is 13.2 Å². The molecule has 1 aromatic heterocycles. The maximum Gasteiger partial charge on any atom is 0.341 e. The summed E-state index contributed by atoms with van der Waals surface area (Å²) in [7, 11) is -2.39. The first-order chi connectivity index (χ1) is 15.7. The van der Waals surface area contributed by atoms with E-state index in [1.54, 1.807) is 43.5 Å². The second-order valence-corrected chi connectivity index (χ2v) is 10.4. The standard InChI is InChI=1S/C22H21ClN2O6S2/c1-14(21(26)24-13-15-7-9-16(30-2)10-8-15)31-22(27)17-5-3-4-6-18(17)25-33(28,29)20-12-11-19(23)32-20/h3-12,14,25H,13H2,1-2H3,(H,24,26). The molecule has 0 spiro atoms. The summed E-state index contributed by atoms with van der Waals surface area (Å²) in [6.45, 7) is 1.67. The van der Waals surface area contributed by atoms with Gasteiger partial charge < -0.3 is 14.8 Å². The van der Waals surface area contributed by atoms with Gasteiger partial charge in [-0.05, 0) is 48.9 Å². The third-order valence-corrected chi connectivity index (χ3v) is 7.57. The van der Waals surface area contributed by atoms with Crippen molar-refractivity contribution in [3.05, 3.63) is 76.1 Å². The molecule has 8 nitrogen and oxygen atoms in total. The molecule has 0 saturated heterocycles. The molecule has 0 radical (unpaired) electrons. The number of carbonyl (C=O) groups excluding carboxylic acids is 2. The lowest BCUT2D eigenvalue weighted by Gasteiger charge is -2.16. The van der Waals surface area contributed by atoms with Crippen molar-refractivity contribution in [1.29, 1.82) is 0 Å². The molecular weight excluding hydrogens is 488 g/mol. The Morgan fingerprint density at radius 3 is 2.39 bits per heavy atom. The van der Waals surface area contributed by atoms with Gasteiger partial charge in [0, 0.05) is 6.54 Å². The molecule has 3 rings (SSSR count). The molecule has 0 aliphatic rings. The van der Waals surface area contributed by atoms with Gasteiger partial charge in [-0.1, -0.05) is 35.9 Å². The molecule has 0 bridgehead atoms. The van der Waals surface area contributed by atoms with Crippen LogP contribution in [0.2, 0.25) is 4.34 Å². The molecule has 33 heavy (non-hydrogen) atoms. The number of thiophene rings is 1. The van der Waals surface area contributed by atoms with Crippen LogP contribution in [0, 0.1) is 0 Å². The van der Waals surface area contributed by atoms with Gasteiger partial charge in [0.05, 0.1) is 22.7 Å². The van der Waals surface area contributed by atoms with Gasteiger partial charge in [-0.2, -0.15) is 0 Å². The van der Waals surface area contributed by atoms with E-state index < -0.39 is 28.0 Å². The number of hydrogen-bond donors (Lipinski definition) is 2. The van der Waals surface area contributed by atoms with E-state index in [4.69, 9.17) is 21.1 Å². The quantitative estimate of drug-likeness (QED) is 0.421. The zero-order valence-electron chi connectivity index (χ0n) is 17.7. The van der Waals surface area contributed by atoms with Gasteiger partial charge in [0.25, 0.3) is 15.9 Å². The van der Waals surface area contributed by atoms with Gasteiger partial charge in [-0.15, -0.1) is 11.3 Å². The summed E-state index contributed by atoms with van der Waals surface area (Å²) in [5.74, 6) is -0.640. The lowest BCUT2D eigenvalue weighted by atomic mass is 10.2. The molecule has 2 N–H and O–H groups in total. The number of nitrogens with one attached hydrogen (secondary N) is 2. The van der Waals surface area contributed by atoms with Crippen molar-refractivity contribution in [3.8, 4) is 5.75 Å². The average Bonchev–Trinajstić information content (AvgIpc) is 3.25. The number of hydrogen-bond acceptors (Lipinski definition) is 7. The van der Waals surface area contributed by atoms with Crippen LogP contribution in [0.25, 0.3) is 0 Å². The number of halogens is 1. The minimum atomic E-state index is -3.95. The third kappa shape index (κ3) is 6.47. The molecule has 3 aromatic rings. The summed E-state index contributed by atoms with van der Waals surface area (Å²) in [4.78, 5) is 25.1. The zero-order valence-corrected chi connectivity index (χ0v) is 20.1. The Bertz CT molecular complexity index is 1240. The van der Waals surface area contributed by atoms with Crippen LogP contribution in [-0.2, 0) is 26.1 Å². The maximum absolute atomic E-state index is 12.7. The summed E-state index contributed by atoms with van der Waals surface area (Å²) < 4.78 is 38.2. The Labute approximate surface area is 200 Å². The minimum absolute atomic E-state index is 0.00180. The monoisotopic (exact) mass is 508 g/mol. The molecule has 0 saturated carbocycles. The van der Waals surface area contributed by atoms with Crippen molar-refractivity contribution in [2.75, 3.05) is 11.8 Å². The maximum atomic E-state index is 12.7. The molecule has 2 aromatic carbocycles. The fourth-order valence-corrected chi connectivity index (χ4v) is 5.30. The number of amides is 1. The van der Waals surface area contributed by atoms with E-state index >= 15 is 0 Å². The van der Waals surface area contributed by atoms with Crippen LogP contribution < -0.4 is 14.8 Å². The van der Waals surface area contributed by atoms with Crippen LogP contribution in [0.1, 0.15) is 22.8 Å². The van der Waals surface area contributed by atoms with Crippen LogP contribution in [0.4, 0.5) is 5.69 Å². The van der Waals surface area contributed by atoms with E-state index in [1.807, 2.05) is 0 Å². The number of anilines is 1. The molecule has 0 fully saturated rings. The second-order valence-electron chi connectivity index (χ2n) is 6.82. The summed E-state index contributed by atoms with van der Waals surface area (Å²) in [5, 5.41) is 2.69.